The third kappa shape index (κ3) is 3.94. The highest BCUT2D eigenvalue weighted by molar-refractivity contribution is 5.88. The maximum atomic E-state index is 14.2. The van der Waals surface area contributed by atoms with Gasteiger partial charge in [0.15, 0.2) is 5.82 Å². The molecular formula is C22H17F4N9. The van der Waals surface area contributed by atoms with Crippen LogP contribution >= 0.6 is 0 Å². The van der Waals surface area contributed by atoms with Crippen LogP contribution in [0, 0.1) is 5.82 Å². The highest BCUT2D eigenvalue weighted by Gasteiger charge is 2.34. The van der Waals surface area contributed by atoms with Gasteiger partial charge in [0.05, 0.1) is 17.6 Å². The van der Waals surface area contributed by atoms with Gasteiger partial charge in [0.1, 0.15) is 23.3 Å². The second kappa shape index (κ2) is 8.42. The Morgan fingerprint density at radius 1 is 1.09 bits per heavy atom. The summed E-state index contributed by atoms with van der Waals surface area (Å²) in [6.45, 7) is 1.93. The van der Waals surface area contributed by atoms with Gasteiger partial charge in [0, 0.05) is 29.4 Å². The average molecular weight is 483 g/mol. The molecule has 0 amide bonds. The largest absolute Gasteiger partial charge is 0.451 e. The van der Waals surface area contributed by atoms with Crippen LogP contribution in [0.5, 0.6) is 0 Å². The van der Waals surface area contributed by atoms with Crippen LogP contribution in [0.4, 0.5) is 23.4 Å². The molecule has 13 heteroatoms. The average Bonchev–Trinajstić information content (AvgIpc) is 3.46. The minimum Gasteiger partial charge on any atom is -0.382 e. The van der Waals surface area contributed by atoms with Gasteiger partial charge in [-0.1, -0.05) is 24.3 Å². The van der Waals surface area contributed by atoms with E-state index in [9.17, 15) is 17.6 Å². The molecule has 0 fully saturated rings. The van der Waals surface area contributed by atoms with E-state index in [1.165, 1.54) is 17.1 Å². The van der Waals surface area contributed by atoms with Crippen LogP contribution in [0.25, 0.3) is 22.3 Å². The third-order valence-electron chi connectivity index (χ3n) is 5.56. The first kappa shape index (κ1) is 22.4. The van der Waals surface area contributed by atoms with Crippen molar-refractivity contribution in [2.75, 3.05) is 5.73 Å². The first-order valence-corrected chi connectivity index (χ1v) is 10.5. The minimum absolute atomic E-state index is 0.131. The van der Waals surface area contributed by atoms with Crippen LogP contribution in [0.2, 0.25) is 0 Å². The summed E-state index contributed by atoms with van der Waals surface area (Å²) < 4.78 is 55.9. The first-order chi connectivity index (χ1) is 16.8. The Labute approximate surface area is 195 Å². The molecule has 0 aliphatic heterocycles. The van der Waals surface area contributed by atoms with Crippen molar-refractivity contribution >= 4 is 11.3 Å². The van der Waals surface area contributed by atoms with Gasteiger partial charge in [-0.05, 0) is 24.6 Å². The normalized spacial score (nSPS) is 12.8. The number of para-hydroxylation sites is 1. The lowest BCUT2D eigenvalue weighted by Gasteiger charge is -2.11. The molecule has 35 heavy (non-hydrogen) atoms. The molecule has 0 bridgehead atoms. The minimum atomic E-state index is -4.66. The van der Waals surface area contributed by atoms with Crippen molar-refractivity contribution in [1.29, 1.82) is 0 Å². The molecule has 0 spiro atoms. The van der Waals surface area contributed by atoms with E-state index >= 15 is 0 Å². The highest BCUT2D eigenvalue weighted by Crippen LogP contribution is 2.36. The molecule has 2 N–H and O–H groups in total. The number of nitrogen functional groups attached to an aromatic ring is 1. The van der Waals surface area contributed by atoms with Gasteiger partial charge in [0.25, 0.3) is 0 Å². The topological polar surface area (TPSA) is 113 Å². The molecule has 4 aromatic heterocycles. The van der Waals surface area contributed by atoms with Crippen molar-refractivity contribution in [3.63, 3.8) is 0 Å². The SMILES string of the molecule is CCC(c1cn(-c2ccccc2F)nn1)c1cc(-c2cnc(C(F)(F)F)nc2)c2c(N)ncnn12. The number of benzene rings is 1. The van der Waals surface area contributed by atoms with E-state index in [0.717, 1.165) is 12.4 Å². The molecule has 4 heterocycles. The van der Waals surface area contributed by atoms with Crippen LogP contribution in [0.3, 0.4) is 0 Å². The van der Waals surface area contributed by atoms with Crippen molar-refractivity contribution in [3.8, 4) is 16.8 Å². The molecule has 1 aromatic carbocycles. The van der Waals surface area contributed by atoms with E-state index in [-0.39, 0.29) is 17.4 Å². The van der Waals surface area contributed by atoms with E-state index in [4.69, 9.17) is 5.73 Å². The molecule has 0 aliphatic rings. The Morgan fingerprint density at radius 3 is 2.51 bits per heavy atom. The fourth-order valence-corrected chi connectivity index (χ4v) is 3.94. The summed E-state index contributed by atoms with van der Waals surface area (Å²) in [4.78, 5) is 10.9. The summed E-state index contributed by atoms with van der Waals surface area (Å²) in [7, 11) is 0. The highest BCUT2D eigenvalue weighted by atomic mass is 19.4. The van der Waals surface area contributed by atoms with Gasteiger partial charge < -0.3 is 5.73 Å². The number of aromatic nitrogens is 8. The van der Waals surface area contributed by atoms with Crippen LogP contribution in [0.1, 0.15) is 36.5 Å². The van der Waals surface area contributed by atoms with Crippen molar-refractivity contribution in [2.24, 2.45) is 0 Å². The predicted octanol–water partition coefficient (Wildman–Crippen LogP) is 4.05. The van der Waals surface area contributed by atoms with E-state index in [0.29, 0.717) is 34.5 Å². The molecule has 0 saturated carbocycles. The third-order valence-corrected chi connectivity index (χ3v) is 5.56. The second-order valence-corrected chi connectivity index (χ2v) is 7.68. The number of hydrogen-bond acceptors (Lipinski definition) is 7. The summed E-state index contributed by atoms with van der Waals surface area (Å²) in [5.74, 6) is -1.91. The van der Waals surface area contributed by atoms with E-state index in [1.807, 2.05) is 6.92 Å². The molecule has 5 aromatic rings. The van der Waals surface area contributed by atoms with E-state index in [2.05, 4.69) is 30.4 Å². The summed E-state index contributed by atoms with van der Waals surface area (Å²) >= 11 is 0. The first-order valence-electron chi connectivity index (χ1n) is 10.5. The number of anilines is 1. The van der Waals surface area contributed by atoms with Gasteiger partial charge in [-0.2, -0.15) is 18.3 Å². The van der Waals surface area contributed by atoms with Crippen LogP contribution in [-0.4, -0.2) is 39.6 Å². The fourth-order valence-electron chi connectivity index (χ4n) is 3.94. The van der Waals surface area contributed by atoms with Crippen molar-refractivity contribution in [3.05, 3.63) is 78.3 Å². The van der Waals surface area contributed by atoms with Crippen LogP contribution < -0.4 is 5.73 Å². The lowest BCUT2D eigenvalue weighted by atomic mass is 9.98. The molecular weight excluding hydrogens is 466 g/mol. The number of alkyl halides is 3. The monoisotopic (exact) mass is 483 g/mol. The molecule has 0 saturated heterocycles. The number of fused-ring (bicyclic) bond motifs is 1. The molecule has 5 rings (SSSR count). The van der Waals surface area contributed by atoms with E-state index < -0.39 is 17.8 Å². The Bertz CT molecular complexity index is 1510. The van der Waals surface area contributed by atoms with E-state index in [1.54, 1.807) is 35.0 Å². The van der Waals surface area contributed by atoms with Gasteiger partial charge in [-0.3, -0.25) is 0 Å². The molecule has 0 aliphatic carbocycles. The number of rotatable bonds is 5. The zero-order chi connectivity index (χ0) is 24.7. The Hall–Kier alpha value is -4.42. The van der Waals surface area contributed by atoms with Crippen LogP contribution in [-0.2, 0) is 6.18 Å². The number of halogens is 4. The zero-order valence-corrected chi connectivity index (χ0v) is 18.1. The maximum Gasteiger partial charge on any atom is 0.451 e. The predicted molar refractivity (Wildman–Crippen MR) is 117 cm³/mol. The molecule has 9 nitrogen and oxygen atoms in total. The van der Waals surface area contributed by atoms with Gasteiger partial charge in [-0.15, -0.1) is 5.10 Å². The fraction of sp³-hybridized carbons (Fsp3) is 0.182. The molecule has 0 radical (unpaired) electrons. The van der Waals surface area contributed by atoms with Crippen molar-refractivity contribution in [1.82, 2.24) is 39.6 Å². The maximum absolute atomic E-state index is 14.2. The Morgan fingerprint density at radius 2 is 1.83 bits per heavy atom. The lowest BCUT2D eigenvalue weighted by Crippen LogP contribution is -2.10. The number of nitrogens with two attached hydrogens (primary N) is 1. The molecule has 1 atom stereocenters. The summed E-state index contributed by atoms with van der Waals surface area (Å²) in [5.41, 5.74) is 8.72. The summed E-state index contributed by atoms with van der Waals surface area (Å²) in [6, 6.07) is 7.91. The summed E-state index contributed by atoms with van der Waals surface area (Å²) in [5, 5.41) is 12.6. The molecule has 1 unspecified atom stereocenters. The molecule has 178 valence electrons. The van der Waals surface area contributed by atoms with Crippen LogP contribution in [0.15, 0.2) is 55.2 Å². The zero-order valence-electron chi connectivity index (χ0n) is 18.1. The smallest absolute Gasteiger partial charge is 0.382 e. The van der Waals surface area contributed by atoms with Crippen molar-refractivity contribution < 1.29 is 17.6 Å². The summed E-state index contributed by atoms with van der Waals surface area (Å²) in [6.07, 6.45) is 0.966. The number of hydrogen-bond donors (Lipinski definition) is 1. The van der Waals surface area contributed by atoms with Gasteiger partial charge in [-0.25, -0.2) is 28.5 Å². The Kier molecular flexibility index (Phi) is 5.38. The number of nitrogens with zero attached hydrogens (tertiary/aromatic N) is 8. The van der Waals surface area contributed by atoms with Gasteiger partial charge in [0.2, 0.25) is 5.82 Å². The quantitative estimate of drug-likeness (QED) is 0.375. The Balaban J connectivity index is 1.62. The lowest BCUT2D eigenvalue weighted by molar-refractivity contribution is -0.144. The van der Waals surface area contributed by atoms with Gasteiger partial charge >= 0.3 is 6.18 Å². The second-order valence-electron chi connectivity index (χ2n) is 7.68. The standard InChI is InChI=1S/C22H17F4N9/c1-2-13(16-10-34(33-32-16)17-6-4-3-5-15(17)23)18-7-14(19-20(27)30-11-31-35(18)19)12-8-28-21(29-9-12)22(24,25)26/h3-11,13H,2H2,1H3,(H2,27,30,31). The van der Waals surface area contributed by atoms with Crippen molar-refractivity contribution in [2.45, 2.75) is 25.4 Å².